The highest BCUT2D eigenvalue weighted by Gasteiger charge is 2.08. The Hall–Kier alpha value is -1.94. The molecule has 0 bridgehead atoms. The van der Waals surface area contributed by atoms with Crippen LogP contribution in [-0.4, -0.2) is 21.0 Å². The van der Waals surface area contributed by atoms with Crippen molar-refractivity contribution in [2.24, 2.45) is 0 Å². The molecule has 0 unspecified atom stereocenters. The van der Waals surface area contributed by atoms with Crippen molar-refractivity contribution < 1.29 is 9.90 Å². The molecule has 86 valence electrons. The summed E-state index contributed by atoms with van der Waals surface area (Å²) in [6, 6.07) is 5.33. The minimum atomic E-state index is -0.919. The van der Waals surface area contributed by atoms with E-state index < -0.39 is 5.97 Å². The minimum Gasteiger partial charge on any atom is -0.481 e. The average molecular weight is 249 g/mol. The molecule has 0 spiro atoms. The number of halogens is 1. The normalized spacial score (nSPS) is 10.2. The highest BCUT2D eigenvalue weighted by Crippen LogP contribution is 2.27. The number of hydrogen-bond acceptors (Lipinski definition) is 3. The van der Waals surface area contributed by atoms with Gasteiger partial charge in [-0.05, 0) is 12.1 Å². The lowest BCUT2D eigenvalue weighted by atomic mass is 10.1. The van der Waals surface area contributed by atoms with Gasteiger partial charge in [-0.25, -0.2) is 0 Å². The van der Waals surface area contributed by atoms with Gasteiger partial charge in [0.15, 0.2) is 0 Å². The fourth-order valence-electron chi connectivity index (χ4n) is 1.48. The Morgan fingerprint density at radius 3 is 2.88 bits per heavy atom. The van der Waals surface area contributed by atoms with E-state index in [0.717, 1.165) is 11.1 Å². The van der Waals surface area contributed by atoms with E-state index in [-0.39, 0.29) is 6.42 Å². The van der Waals surface area contributed by atoms with Crippen molar-refractivity contribution in [1.29, 1.82) is 0 Å². The maximum atomic E-state index is 10.6. The molecule has 0 saturated carbocycles. The van der Waals surface area contributed by atoms with Crippen LogP contribution < -0.4 is 0 Å². The van der Waals surface area contributed by atoms with Gasteiger partial charge in [0.1, 0.15) is 0 Å². The molecular formula is C12H9ClN2O2. The number of pyridine rings is 2. The Balaban J connectivity index is 2.43. The molecule has 2 aromatic rings. The third kappa shape index (κ3) is 2.79. The maximum Gasteiger partial charge on any atom is 0.309 e. The smallest absolute Gasteiger partial charge is 0.309 e. The molecule has 0 atom stereocenters. The standard InChI is InChI=1S/C12H9ClN2O2/c13-11-7-15-9(5-12(16)17)4-10(11)8-2-1-3-14-6-8/h1-4,6-7H,5H2,(H,16,17). The summed E-state index contributed by atoms with van der Waals surface area (Å²) in [6.45, 7) is 0. The maximum absolute atomic E-state index is 10.6. The van der Waals surface area contributed by atoms with Gasteiger partial charge in [-0.2, -0.15) is 0 Å². The molecule has 0 amide bonds. The Kier molecular flexibility index (Phi) is 3.35. The highest BCUT2D eigenvalue weighted by molar-refractivity contribution is 6.33. The van der Waals surface area contributed by atoms with Crippen molar-refractivity contribution in [1.82, 2.24) is 9.97 Å². The summed E-state index contributed by atoms with van der Waals surface area (Å²) in [6.07, 6.45) is 4.68. The molecule has 1 N–H and O–H groups in total. The average Bonchev–Trinajstić information content (AvgIpc) is 2.32. The van der Waals surface area contributed by atoms with Crippen molar-refractivity contribution in [3.05, 3.63) is 47.5 Å². The van der Waals surface area contributed by atoms with E-state index in [9.17, 15) is 4.79 Å². The van der Waals surface area contributed by atoms with Crippen LogP contribution in [0.1, 0.15) is 5.69 Å². The summed E-state index contributed by atoms with van der Waals surface area (Å²) >= 11 is 6.03. The Labute approximate surface area is 103 Å². The molecule has 0 fully saturated rings. The van der Waals surface area contributed by atoms with E-state index in [2.05, 4.69) is 9.97 Å². The van der Waals surface area contributed by atoms with Crippen molar-refractivity contribution in [2.45, 2.75) is 6.42 Å². The number of carboxylic acids is 1. The first-order valence-corrected chi connectivity index (χ1v) is 5.31. The van der Waals surface area contributed by atoms with Crippen LogP contribution in [0.5, 0.6) is 0 Å². The summed E-state index contributed by atoms with van der Waals surface area (Å²) in [5, 5.41) is 9.19. The molecule has 4 nitrogen and oxygen atoms in total. The summed E-state index contributed by atoms with van der Waals surface area (Å²) in [4.78, 5) is 18.6. The molecule has 2 aromatic heterocycles. The van der Waals surface area contributed by atoms with E-state index in [4.69, 9.17) is 16.7 Å². The van der Waals surface area contributed by atoms with Crippen LogP contribution in [0.15, 0.2) is 36.8 Å². The number of rotatable bonds is 3. The van der Waals surface area contributed by atoms with Gasteiger partial charge in [0.05, 0.1) is 17.1 Å². The number of aliphatic carboxylic acids is 1. The Bertz CT molecular complexity index is 543. The number of carbonyl (C=O) groups is 1. The lowest BCUT2D eigenvalue weighted by Gasteiger charge is -2.05. The van der Waals surface area contributed by atoms with Crippen LogP contribution in [-0.2, 0) is 11.2 Å². The second kappa shape index (κ2) is 4.93. The first kappa shape index (κ1) is 11.5. The number of aromatic nitrogens is 2. The van der Waals surface area contributed by atoms with Crippen LogP contribution >= 0.6 is 11.6 Å². The van der Waals surface area contributed by atoms with Crippen LogP contribution in [0.2, 0.25) is 5.02 Å². The van der Waals surface area contributed by atoms with Gasteiger partial charge in [0.2, 0.25) is 0 Å². The van der Waals surface area contributed by atoms with Crippen molar-refractivity contribution in [3.8, 4) is 11.1 Å². The number of carboxylic acid groups (broad SMARTS) is 1. The molecule has 5 heteroatoms. The van der Waals surface area contributed by atoms with E-state index in [1.54, 1.807) is 24.5 Å². The molecule has 0 aliphatic carbocycles. The zero-order chi connectivity index (χ0) is 12.3. The summed E-state index contributed by atoms with van der Waals surface area (Å²) in [5.74, 6) is -0.919. The Morgan fingerprint density at radius 1 is 1.41 bits per heavy atom. The van der Waals surface area contributed by atoms with Crippen LogP contribution in [0.3, 0.4) is 0 Å². The third-order valence-electron chi connectivity index (χ3n) is 2.22. The van der Waals surface area contributed by atoms with Crippen molar-refractivity contribution in [3.63, 3.8) is 0 Å². The second-order valence-corrected chi connectivity index (χ2v) is 3.87. The van der Waals surface area contributed by atoms with Gasteiger partial charge in [-0.1, -0.05) is 17.7 Å². The lowest BCUT2D eigenvalue weighted by Crippen LogP contribution is -2.02. The number of nitrogens with zero attached hydrogens (tertiary/aromatic N) is 2. The van der Waals surface area contributed by atoms with Gasteiger partial charge in [-0.15, -0.1) is 0 Å². The zero-order valence-electron chi connectivity index (χ0n) is 8.80. The van der Waals surface area contributed by atoms with Gasteiger partial charge in [-0.3, -0.25) is 14.8 Å². The summed E-state index contributed by atoms with van der Waals surface area (Å²) in [7, 11) is 0. The SMILES string of the molecule is O=C(O)Cc1cc(-c2cccnc2)c(Cl)cn1. The molecular weight excluding hydrogens is 240 g/mol. The fourth-order valence-corrected chi connectivity index (χ4v) is 1.69. The lowest BCUT2D eigenvalue weighted by molar-refractivity contribution is -0.136. The monoisotopic (exact) mass is 248 g/mol. The van der Waals surface area contributed by atoms with Gasteiger partial charge < -0.3 is 5.11 Å². The fraction of sp³-hybridized carbons (Fsp3) is 0.0833. The molecule has 0 aliphatic heterocycles. The zero-order valence-corrected chi connectivity index (χ0v) is 9.55. The molecule has 0 saturated heterocycles. The van der Waals surface area contributed by atoms with Crippen molar-refractivity contribution >= 4 is 17.6 Å². The minimum absolute atomic E-state index is 0.121. The molecule has 0 aromatic carbocycles. The van der Waals surface area contributed by atoms with E-state index in [1.165, 1.54) is 6.20 Å². The predicted octanol–water partition coefficient (Wildman–Crippen LogP) is 2.42. The van der Waals surface area contributed by atoms with E-state index in [1.807, 2.05) is 6.07 Å². The van der Waals surface area contributed by atoms with Crippen molar-refractivity contribution in [2.75, 3.05) is 0 Å². The van der Waals surface area contributed by atoms with Crippen LogP contribution in [0.25, 0.3) is 11.1 Å². The number of hydrogen-bond donors (Lipinski definition) is 1. The topological polar surface area (TPSA) is 63.1 Å². The molecule has 0 radical (unpaired) electrons. The van der Waals surface area contributed by atoms with Gasteiger partial charge in [0.25, 0.3) is 0 Å². The van der Waals surface area contributed by atoms with Crippen LogP contribution in [0.4, 0.5) is 0 Å². The molecule has 0 aliphatic rings. The second-order valence-electron chi connectivity index (χ2n) is 3.47. The molecule has 2 heterocycles. The third-order valence-corrected chi connectivity index (χ3v) is 2.52. The molecule has 2 rings (SSSR count). The van der Waals surface area contributed by atoms with Crippen LogP contribution in [0, 0.1) is 0 Å². The van der Waals surface area contributed by atoms with E-state index in [0.29, 0.717) is 10.7 Å². The Morgan fingerprint density at radius 2 is 2.24 bits per heavy atom. The first-order valence-electron chi connectivity index (χ1n) is 4.93. The van der Waals surface area contributed by atoms with Gasteiger partial charge in [0, 0.05) is 29.7 Å². The van der Waals surface area contributed by atoms with Gasteiger partial charge >= 0.3 is 5.97 Å². The molecule has 17 heavy (non-hydrogen) atoms. The van der Waals surface area contributed by atoms with E-state index >= 15 is 0 Å². The highest BCUT2D eigenvalue weighted by atomic mass is 35.5. The largest absolute Gasteiger partial charge is 0.481 e. The first-order chi connectivity index (χ1) is 8.16. The summed E-state index contributed by atoms with van der Waals surface area (Å²) in [5.41, 5.74) is 2.05. The quantitative estimate of drug-likeness (QED) is 0.906. The predicted molar refractivity (Wildman–Crippen MR) is 63.8 cm³/mol. The summed E-state index contributed by atoms with van der Waals surface area (Å²) < 4.78 is 0.